The number of nitrogens with one attached hydrogen (secondary N) is 1. The van der Waals surface area contributed by atoms with E-state index in [1.165, 1.54) is 24.3 Å². The Morgan fingerprint density at radius 3 is 2.75 bits per heavy atom. The van der Waals surface area contributed by atoms with Crippen LogP contribution < -0.4 is 5.32 Å². The van der Waals surface area contributed by atoms with Gasteiger partial charge in [0, 0.05) is 18.7 Å². The van der Waals surface area contributed by atoms with Gasteiger partial charge in [0.05, 0.1) is 11.6 Å². The predicted molar refractivity (Wildman–Crippen MR) is 86.9 cm³/mol. The van der Waals surface area contributed by atoms with E-state index in [0.29, 0.717) is 23.2 Å². The molecule has 0 aliphatic carbocycles. The number of rotatable bonds is 5. The number of amides is 1. The maximum Gasteiger partial charge on any atom is 0.251 e. The minimum absolute atomic E-state index is 0.0319. The third-order valence-electron chi connectivity index (χ3n) is 3.79. The zero-order valence-electron chi connectivity index (χ0n) is 13.1. The molecule has 7 heteroatoms. The van der Waals surface area contributed by atoms with E-state index in [4.69, 9.17) is 0 Å². The Labute approximate surface area is 137 Å². The van der Waals surface area contributed by atoms with Crippen molar-refractivity contribution in [2.24, 2.45) is 0 Å². The van der Waals surface area contributed by atoms with Crippen molar-refractivity contribution in [2.75, 3.05) is 6.54 Å². The molecule has 1 unspecified atom stereocenters. The highest BCUT2D eigenvalue weighted by Gasteiger charge is 2.13. The fraction of sp³-hybridized carbons (Fsp3) is 0.235. The average Bonchev–Trinajstić information content (AvgIpc) is 3.02. The maximum absolute atomic E-state index is 12.9. The first kappa shape index (κ1) is 16.1. The number of nitrogens with zero attached hydrogens (tertiary/aromatic N) is 3. The number of halogens is 1. The molecule has 24 heavy (non-hydrogen) atoms. The summed E-state index contributed by atoms with van der Waals surface area (Å²) in [6.07, 6.45) is -0.903. The van der Waals surface area contributed by atoms with E-state index in [1.54, 1.807) is 22.9 Å². The Morgan fingerprint density at radius 1 is 1.29 bits per heavy atom. The second-order valence-corrected chi connectivity index (χ2v) is 5.39. The lowest BCUT2D eigenvalue weighted by Gasteiger charge is -2.12. The molecule has 0 aliphatic rings. The van der Waals surface area contributed by atoms with E-state index in [9.17, 15) is 14.3 Å². The molecule has 3 rings (SSSR count). The third-order valence-corrected chi connectivity index (χ3v) is 3.79. The number of aromatic nitrogens is 3. The van der Waals surface area contributed by atoms with Gasteiger partial charge in [-0.05, 0) is 42.8 Å². The first-order valence-electron chi connectivity index (χ1n) is 7.63. The lowest BCUT2D eigenvalue weighted by Crippen LogP contribution is -2.28. The fourth-order valence-corrected chi connectivity index (χ4v) is 2.44. The van der Waals surface area contributed by atoms with Crippen LogP contribution in [0.4, 0.5) is 4.39 Å². The number of hydrogen-bond donors (Lipinski definition) is 2. The summed E-state index contributed by atoms with van der Waals surface area (Å²) in [4.78, 5) is 12.2. The van der Waals surface area contributed by atoms with Crippen LogP contribution in [0.1, 0.15) is 28.9 Å². The van der Waals surface area contributed by atoms with Crippen LogP contribution in [0.5, 0.6) is 0 Å². The number of fused-ring (bicyclic) bond motifs is 1. The van der Waals surface area contributed by atoms with Gasteiger partial charge in [-0.3, -0.25) is 4.79 Å². The van der Waals surface area contributed by atoms with E-state index in [2.05, 4.69) is 15.6 Å². The van der Waals surface area contributed by atoms with E-state index in [1.807, 2.05) is 6.92 Å². The summed E-state index contributed by atoms with van der Waals surface area (Å²) in [5.74, 6) is -0.687. The Bertz CT molecular complexity index is 861. The first-order valence-corrected chi connectivity index (χ1v) is 7.63. The summed E-state index contributed by atoms with van der Waals surface area (Å²) in [5.41, 5.74) is 2.49. The van der Waals surface area contributed by atoms with Crippen molar-refractivity contribution >= 4 is 16.9 Å². The Hall–Kier alpha value is -2.80. The van der Waals surface area contributed by atoms with Gasteiger partial charge < -0.3 is 10.4 Å². The van der Waals surface area contributed by atoms with E-state index in [-0.39, 0.29) is 18.3 Å². The van der Waals surface area contributed by atoms with Crippen LogP contribution in [0.3, 0.4) is 0 Å². The predicted octanol–water partition coefficient (Wildman–Crippen LogP) is 2.05. The van der Waals surface area contributed by atoms with Gasteiger partial charge >= 0.3 is 0 Å². The smallest absolute Gasteiger partial charge is 0.251 e. The van der Waals surface area contributed by atoms with Crippen LogP contribution in [0.15, 0.2) is 42.5 Å². The minimum atomic E-state index is -0.903. The fourth-order valence-electron chi connectivity index (χ4n) is 2.44. The highest BCUT2D eigenvalue weighted by Crippen LogP contribution is 2.15. The van der Waals surface area contributed by atoms with E-state index >= 15 is 0 Å². The molecule has 1 atom stereocenters. The van der Waals surface area contributed by atoms with Gasteiger partial charge in [0.1, 0.15) is 11.3 Å². The van der Waals surface area contributed by atoms with Crippen molar-refractivity contribution in [2.45, 2.75) is 19.6 Å². The molecule has 0 saturated heterocycles. The number of carbonyl (C=O) groups excluding carboxylic acids is 1. The zero-order chi connectivity index (χ0) is 17.1. The van der Waals surface area contributed by atoms with Gasteiger partial charge in [0.2, 0.25) is 0 Å². The minimum Gasteiger partial charge on any atom is -0.387 e. The number of benzene rings is 2. The lowest BCUT2D eigenvalue weighted by molar-refractivity contribution is 0.0916. The van der Waals surface area contributed by atoms with Gasteiger partial charge in [-0.2, -0.15) is 0 Å². The number of carbonyl (C=O) groups is 1. The second kappa shape index (κ2) is 6.76. The summed E-state index contributed by atoms with van der Waals surface area (Å²) < 4.78 is 14.6. The Kier molecular flexibility index (Phi) is 4.52. The SMILES string of the molecule is CCn1nnc2cc(C(=O)NCC(O)c3ccc(F)cc3)ccc21. The number of hydrogen-bond acceptors (Lipinski definition) is 4. The molecule has 0 aliphatic heterocycles. The van der Waals surface area contributed by atoms with E-state index in [0.717, 1.165) is 5.52 Å². The van der Waals surface area contributed by atoms with E-state index < -0.39 is 6.10 Å². The van der Waals surface area contributed by atoms with Crippen LogP contribution >= 0.6 is 0 Å². The van der Waals surface area contributed by atoms with Crippen LogP contribution in [0.25, 0.3) is 11.0 Å². The molecular formula is C17H17FN4O2. The normalized spacial score (nSPS) is 12.3. The highest BCUT2D eigenvalue weighted by atomic mass is 19.1. The molecule has 1 heterocycles. The molecule has 0 bridgehead atoms. The molecular weight excluding hydrogens is 311 g/mol. The van der Waals surface area contributed by atoms with Gasteiger partial charge in [-0.1, -0.05) is 17.3 Å². The topological polar surface area (TPSA) is 80.0 Å². The van der Waals surface area contributed by atoms with Crippen molar-refractivity contribution in [3.8, 4) is 0 Å². The Balaban J connectivity index is 1.67. The quantitative estimate of drug-likeness (QED) is 0.751. The van der Waals surface area contributed by atoms with Crippen molar-refractivity contribution in [1.29, 1.82) is 0 Å². The standard InChI is InChI=1S/C17H17FN4O2/c1-2-22-15-8-5-12(9-14(15)20-21-22)17(24)19-10-16(23)11-3-6-13(18)7-4-11/h3-9,16,23H,2,10H2,1H3,(H,19,24). The number of aliphatic hydroxyl groups is 1. The first-order chi connectivity index (χ1) is 11.6. The van der Waals surface area contributed by atoms with Crippen LogP contribution in [-0.2, 0) is 6.54 Å². The summed E-state index contributed by atoms with van der Waals surface area (Å²) in [5, 5.41) is 20.7. The van der Waals surface area contributed by atoms with Crippen molar-refractivity contribution < 1.29 is 14.3 Å². The van der Waals surface area contributed by atoms with Crippen molar-refractivity contribution in [1.82, 2.24) is 20.3 Å². The third kappa shape index (κ3) is 3.26. The monoisotopic (exact) mass is 328 g/mol. The van der Waals surface area contributed by atoms with Gasteiger partial charge in [-0.25, -0.2) is 9.07 Å². The van der Waals surface area contributed by atoms with Gasteiger partial charge in [-0.15, -0.1) is 5.10 Å². The van der Waals surface area contributed by atoms with Crippen molar-refractivity contribution in [3.63, 3.8) is 0 Å². The Morgan fingerprint density at radius 2 is 2.04 bits per heavy atom. The van der Waals surface area contributed by atoms with Gasteiger partial charge in [0.15, 0.2) is 0 Å². The second-order valence-electron chi connectivity index (χ2n) is 5.39. The zero-order valence-corrected chi connectivity index (χ0v) is 13.1. The molecule has 2 aromatic carbocycles. The molecule has 3 aromatic rings. The molecule has 124 valence electrons. The van der Waals surface area contributed by atoms with Crippen LogP contribution in [-0.4, -0.2) is 32.6 Å². The molecule has 0 radical (unpaired) electrons. The maximum atomic E-state index is 12.9. The van der Waals surface area contributed by atoms with Crippen LogP contribution in [0.2, 0.25) is 0 Å². The average molecular weight is 328 g/mol. The number of aryl methyl sites for hydroxylation is 1. The molecule has 0 fully saturated rings. The molecule has 6 nitrogen and oxygen atoms in total. The summed E-state index contributed by atoms with van der Waals surface area (Å²) in [6, 6.07) is 10.7. The van der Waals surface area contributed by atoms with Crippen LogP contribution in [0, 0.1) is 5.82 Å². The van der Waals surface area contributed by atoms with Crippen molar-refractivity contribution in [3.05, 3.63) is 59.4 Å². The summed E-state index contributed by atoms with van der Waals surface area (Å²) >= 11 is 0. The highest BCUT2D eigenvalue weighted by molar-refractivity contribution is 5.97. The molecule has 0 saturated carbocycles. The summed E-state index contributed by atoms with van der Waals surface area (Å²) in [6.45, 7) is 2.70. The molecule has 2 N–H and O–H groups in total. The summed E-state index contributed by atoms with van der Waals surface area (Å²) in [7, 11) is 0. The lowest BCUT2D eigenvalue weighted by atomic mass is 10.1. The van der Waals surface area contributed by atoms with Gasteiger partial charge in [0.25, 0.3) is 5.91 Å². The molecule has 1 aromatic heterocycles. The molecule has 0 spiro atoms. The number of aliphatic hydroxyl groups excluding tert-OH is 1. The molecule has 1 amide bonds. The largest absolute Gasteiger partial charge is 0.387 e.